The number of methoxy groups -OCH3 is 1. The Hall–Kier alpha value is -1.42. The monoisotopic (exact) mass is 448 g/mol. The Kier molecular flexibility index (Phi) is 10.6. The first-order valence-electron chi connectivity index (χ1n) is 7.96. The van der Waals surface area contributed by atoms with Crippen LogP contribution in [0.2, 0.25) is 0 Å². The predicted octanol–water partition coefficient (Wildman–Crippen LogP) is 3.91. The zero-order chi connectivity index (χ0) is 17.5. The predicted molar refractivity (Wildman–Crippen MR) is 119 cm³/mol. The molecule has 0 unspecified atom stereocenters. The number of para-hydroxylation sites is 1. The van der Waals surface area contributed by atoms with Crippen molar-refractivity contribution in [3.63, 3.8) is 0 Å². The molecule has 0 saturated carbocycles. The molecule has 0 aliphatic rings. The second-order valence-electron chi connectivity index (χ2n) is 5.29. The number of benzene rings is 1. The minimum Gasteiger partial charge on any atom is -0.383 e. The quantitative estimate of drug-likeness (QED) is 0.432. The SMILES string of the molecule is COCCNCCNC(=O)c1cc2sc(Nc3ccccc3)nc2s1.Cl.Cl. The first kappa shape index (κ1) is 23.6. The third kappa shape index (κ3) is 6.91. The van der Waals surface area contributed by atoms with Crippen LogP contribution < -0.4 is 16.0 Å². The van der Waals surface area contributed by atoms with E-state index in [2.05, 4.69) is 20.9 Å². The third-order valence-electron chi connectivity index (χ3n) is 3.41. The molecule has 6 nitrogen and oxygen atoms in total. The van der Waals surface area contributed by atoms with Gasteiger partial charge in [0.05, 0.1) is 16.2 Å². The van der Waals surface area contributed by atoms with Gasteiger partial charge in [-0.3, -0.25) is 4.79 Å². The van der Waals surface area contributed by atoms with Crippen molar-refractivity contribution in [1.82, 2.24) is 15.6 Å². The van der Waals surface area contributed by atoms with E-state index < -0.39 is 0 Å². The fourth-order valence-electron chi connectivity index (χ4n) is 2.20. The summed E-state index contributed by atoms with van der Waals surface area (Å²) in [5.41, 5.74) is 1.00. The molecule has 3 N–H and O–H groups in total. The van der Waals surface area contributed by atoms with Crippen molar-refractivity contribution in [1.29, 1.82) is 0 Å². The van der Waals surface area contributed by atoms with E-state index in [1.807, 2.05) is 36.4 Å². The number of halogens is 2. The van der Waals surface area contributed by atoms with E-state index >= 15 is 0 Å². The second-order valence-corrected chi connectivity index (χ2v) is 7.35. The van der Waals surface area contributed by atoms with Gasteiger partial charge in [-0.25, -0.2) is 4.98 Å². The van der Waals surface area contributed by atoms with Crippen LogP contribution in [0.3, 0.4) is 0 Å². The van der Waals surface area contributed by atoms with Gasteiger partial charge in [0.1, 0.15) is 4.83 Å². The Bertz CT molecular complexity index is 795. The fraction of sp³-hybridized carbons (Fsp3) is 0.294. The molecule has 2 aromatic heterocycles. The molecule has 3 rings (SSSR count). The number of ether oxygens (including phenoxy) is 1. The summed E-state index contributed by atoms with van der Waals surface area (Å²) in [6.07, 6.45) is 0. The third-order valence-corrected chi connectivity index (χ3v) is 5.48. The van der Waals surface area contributed by atoms with Crippen molar-refractivity contribution in [2.45, 2.75) is 0 Å². The highest BCUT2D eigenvalue weighted by Crippen LogP contribution is 2.34. The Labute approximate surface area is 178 Å². The van der Waals surface area contributed by atoms with Crippen LogP contribution in [-0.2, 0) is 4.74 Å². The van der Waals surface area contributed by atoms with Gasteiger partial charge in [0.25, 0.3) is 5.91 Å². The molecular formula is C17H22Cl2N4O2S2. The van der Waals surface area contributed by atoms with E-state index in [4.69, 9.17) is 4.74 Å². The largest absolute Gasteiger partial charge is 0.383 e. The van der Waals surface area contributed by atoms with Gasteiger partial charge in [0, 0.05) is 32.4 Å². The Morgan fingerprint density at radius 3 is 2.59 bits per heavy atom. The van der Waals surface area contributed by atoms with E-state index in [0.717, 1.165) is 33.4 Å². The lowest BCUT2D eigenvalue weighted by atomic mass is 10.3. The lowest BCUT2D eigenvalue weighted by molar-refractivity contribution is 0.0958. The summed E-state index contributed by atoms with van der Waals surface area (Å²) in [6, 6.07) is 11.8. The molecule has 0 spiro atoms. The van der Waals surface area contributed by atoms with E-state index in [0.29, 0.717) is 18.0 Å². The molecule has 0 bridgehead atoms. The average Bonchev–Trinajstić information content (AvgIpc) is 3.17. The highest BCUT2D eigenvalue weighted by atomic mass is 35.5. The molecule has 2 heterocycles. The number of anilines is 2. The molecular weight excluding hydrogens is 427 g/mol. The molecule has 10 heteroatoms. The van der Waals surface area contributed by atoms with Crippen LogP contribution in [0.4, 0.5) is 10.8 Å². The summed E-state index contributed by atoms with van der Waals surface area (Å²) in [6.45, 7) is 2.75. The molecule has 0 saturated heterocycles. The Balaban J connectivity index is 0.00000182. The van der Waals surface area contributed by atoms with E-state index in [1.165, 1.54) is 11.3 Å². The van der Waals surface area contributed by atoms with Crippen molar-refractivity contribution >= 4 is 73.7 Å². The topological polar surface area (TPSA) is 75.3 Å². The summed E-state index contributed by atoms with van der Waals surface area (Å²) in [5.74, 6) is -0.0543. The van der Waals surface area contributed by atoms with Crippen molar-refractivity contribution in [2.75, 3.05) is 38.7 Å². The number of rotatable bonds is 9. The average molecular weight is 449 g/mol. The van der Waals surface area contributed by atoms with Crippen molar-refractivity contribution < 1.29 is 9.53 Å². The molecule has 0 radical (unpaired) electrons. The second kappa shape index (κ2) is 12.1. The lowest BCUT2D eigenvalue weighted by Crippen LogP contribution is -2.32. The molecule has 1 aromatic carbocycles. The number of nitrogens with zero attached hydrogens (tertiary/aromatic N) is 1. The van der Waals surface area contributed by atoms with Gasteiger partial charge < -0.3 is 20.7 Å². The number of nitrogens with one attached hydrogen (secondary N) is 3. The van der Waals surface area contributed by atoms with E-state index in [9.17, 15) is 4.79 Å². The number of fused-ring (bicyclic) bond motifs is 1. The first-order valence-corrected chi connectivity index (χ1v) is 9.60. The normalized spacial score (nSPS) is 10.1. The van der Waals surface area contributed by atoms with Crippen molar-refractivity contribution in [3.8, 4) is 0 Å². The van der Waals surface area contributed by atoms with Gasteiger partial charge >= 0.3 is 0 Å². The standard InChI is InChI=1S/C17H20N4O2S2.2ClH/c1-23-10-9-18-7-8-19-15(22)13-11-14-16(24-13)21-17(25-14)20-12-5-3-2-4-6-12;;/h2-6,11,18H,7-10H2,1H3,(H,19,22)(H,20,21);2*1H. The maximum Gasteiger partial charge on any atom is 0.261 e. The summed E-state index contributed by atoms with van der Waals surface area (Å²) in [4.78, 5) is 18.3. The van der Waals surface area contributed by atoms with Crippen molar-refractivity contribution in [2.24, 2.45) is 0 Å². The molecule has 3 aromatic rings. The number of carbonyl (C=O) groups is 1. The molecule has 0 aliphatic heterocycles. The van der Waals surface area contributed by atoms with E-state index in [-0.39, 0.29) is 30.7 Å². The van der Waals surface area contributed by atoms with Crippen LogP contribution >= 0.6 is 47.5 Å². The van der Waals surface area contributed by atoms with Crippen LogP contribution in [0.15, 0.2) is 36.4 Å². The summed E-state index contributed by atoms with van der Waals surface area (Å²) >= 11 is 2.97. The van der Waals surface area contributed by atoms with Crippen molar-refractivity contribution in [3.05, 3.63) is 41.3 Å². The van der Waals surface area contributed by atoms with Crippen LogP contribution in [0, 0.1) is 0 Å². The zero-order valence-corrected chi connectivity index (χ0v) is 18.0. The number of thiazole rings is 1. The van der Waals surface area contributed by atoms with E-state index in [1.54, 1.807) is 18.4 Å². The van der Waals surface area contributed by atoms with Gasteiger partial charge in [0.15, 0.2) is 5.13 Å². The molecule has 0 fully saturated rings. The lowest BCUT2D eigenvalue weighted by Gasteiger charge is -2.05. The number of thiophene rings is 1. The first-order chi connectivity index (χ1) is 12.3. The highest BCUT2D eigenvalue weighted by molar-refractivity contribution is 7.29. The van der Waals surface area contributed by atoms with Gasteiger partial charge in [-0.05, 0) is 18.2 Å². The highest BCUT2D eigenvalue weighted by Gasteiger charge is 2.13. The molecule has 0 atom stereocenters. The number of hydrogen-bond donors (Lipinski definition) is 3. The van der Waals surface area contributed by atoms with Gasteiger partial charge in [-0.1, -0.05) is 29.5 Å². The molecule has 0 aliphatic carbocycles. The minimum absolute atomic E-state index is 0. The molecule has 148 valence electrons. The smallest absolute Gasteiger partial charge is 0.261 e. The van der Waals surface area contributed by atoms with Crippen LogP contribution in [0.5, 0.6) is 0 Å². The maximum absolute atomic E-state index is 12.2. The van der Waals surface area contributed by atoms with Gasteiger partial charge in [-0.2, -0.15) is 0 Å². The molecule has 1 amide bonds. The summed E-state index contributed by atoms with van der Waals surface area (Å²) < 4.78 is 5.97. The number of carbonyl (C=O) groups excluding carboxylic acids is 1. The number of amides is 1. The molecule has 27 heavy (non-hydrogen) atoms. The summed E-state index contributed by atoms with van der Waals surface area (Å²) in [7, 11) is 1.67. The van der Waals surface area contributed by atoms with Gasteiger partial charge in [-0.15, -0.1) is 36.2 Å². The summed E-state index contributed by atoms with van der Waals surface area (Å²) in [5, 5.41) is 10.2. The zero-order valence-electron chi connectivity index (χ0n) is 14.7. The van der Waals surface area contributed by atoms with Crippen LogP contribution in [0.25, 0.3) is 9.53 Å². The fourth-order valence-corrected chi connectivity index (χ4v) is 4.25. The van der Waals surface area contributed by atoms with Crippen LogP contribution in [-0.4, -0.2) is 44.2 Å². The minimum atomic E-state index is -0.0543. The maximum atomic E-state index is 12.2. The van der Waals surface area contributed by atoms with Gasteiger partial charge in [0.2, 0.25) is 0 Å². The number of aromatic nitrogens is 1. The Morgan fingerprint density at radius 2 is 1.89 bits per heavy atom. The Morgan fingerprint density at radius 1 is 1.11 bits per heavy atom. The number of hydrogen-bond acceptors (Lipinski definition) is 7. The van der Waals surface area contributed by atoms with Crippen LogP contribution in [0.1, 0.15) is 9.67 Å².